The van der Waals surface area contributed by atoms with Crippen molar-refractivity contribution >= 4 is 11.3 Å². The molecule has 0 aliphatic heterocycles. The Hall–Kier alpha value is -2.06. The number of aromatic nitrogens is 3. The van der Waals surface area contributed by atoms with Crippen molar-refractivity contribution in [1.29, 1.82) is 0 Å². The molecular weight excluding hydrogens is 214 g/mol. The molecule has 0 fully saturated rings. The monoisotopic (exact) mass is 229 g/mol. The highest BCUT2D eigenvalue weighted by Crippen LogP contribution is 2.10. The molecule has 0 aliphatic carbocycles. The van der Waals surface area contributed by atoms with Gasteiger partial charge in [-0.15, -0.1) is 0 Å². The Bertz CT molecular complexity index is 575. The van der Waals surface area contributed by atoms with Crippen LogP contribution >= 0.6 is 0 Å². The van der Waals surface area contributed by atoms with Gasteiger partial charge in [0.05, 0.1) is 18.1 Å². The topological polar surface area (TPSA) is 68.2 Å². The predicted octanol–water partition coefficient (Wildman–Crippen LogP) is 0.661. The predicted molar refractivity (Wildman–Crippen MR) is 67.4 cm³/mol. The maximum absolute atomic E-state index is 5.79. The minimum absolute atomic E-state index is 0.375. The summed E-state index contributed by atoms with van der Waals surface area (Å²) in [4.78, 5) is 4.19. The lowest BCUT2D eigenvalue weighted by molar-refractivity contribution is 0.628. The molecule has 0 saturated heterocycles. The van der Waals surface area contributed by atoms with Gasteiger partial charge in [-0.05, 0) is 26.0 Å². The lowest BCUT2D eigenvalue weighted by Gasteiger charge is -2.02. The van der Waals surface area contributed by atoms with Crippen molar-refractivity contribution in [3.05, 3.63) is 24.2 Å². The second-order valence-electron chi connectivity index (χ2n) is 3.86. The molecule has 2 rings (SSSR count). The van der Waals surface area contributed by atoms with E-state index in [1.807, 2.05) is 7.05 Å². The number of nitrogens with two attached hydrogens (primary N) is 1. The Labute approximate surface area is 100 Å². The van der Waals surface area contributed by atoms with Crippen LogP contribution in [0, 0.1) is 11.8 Å². The summed E-state index contributed by atoms with van der Waals surface area (Å²) in [6.45, 7) is 2.08. The molecule has 2 aromatic heterocycles. The molecule has 0 spiro atoms. The molecule has 0 saturated carbocycles. The van der Waals surface area contributed by atoms with E-state index in [1.54, 1.807) is 23.0 Å². The summed E-state index contributed by atoms with van der Waals surface area (Å²) < 4.78 is 1.66. The number of nitrogen functional groups attached to an aromatic ring is 1. The maximum atomic E-state index is 5.79. The van der Waals surface area contributed by atoms with Gasteiger partial charge in [-0.25, -0.2) is 9.50 Å². The molecule has 17 heavy (non-hydrogen) atoms. The Balaban J connectivity index is 2.28. The van der Waals surface area contributed by atoms with Gasteiger partial charge in [0.15, 0.2) is 5.65 Å². The Morgan fingerprint density at radius 1 is 1.59 bits per heavy atom. The first-order valence-corrected chi connectivity index (χ1v) is 5.46. The van der Waals surface area contributed by atoms with Crippen LogP contribution in [0.25, 0.3) is 5.65 Å². The van der Waals surface area contributed by atoms with E-state index >= 15 is 0 Å². The van der Waals surface area contributed by atoms with Crippen molar-refractivity contribution in [2.75, 3.05) is 12.8 Å². The fraction of sp³-hybridized carbons (Fsp3) is 0.333. The summed E-state index contributed by atoms with van der Waals surface area (Å²) >= 11 is 0. The molecule has 2 aromatic rings. The van der Waals surface area contributed by atoms with Gasteiger partial charge in [0.2, 0.25) is 0 Å². The molecule has 0 unspecified atom stereocenters. The van der Waals surface area contributed by atoms with Gasteiger partial charge in [0, 0.05) is 12.5 Å². The number of nitrogens with zero attached hydrogens (tertiary/aromatic N) is 3. The van der Waals surface area contributed by atoms with Crippen LogP contribution in [0.15, 0.2) is 18.5 Å². The third-order valence-electron chi connectivity index (χ3n) is 2.55. The largest absolute Gasteiger partial charge is 0.396 e. The van der Waals surface area contributed by atoms with E-state index in [-0.39, 0.29) is 0 Å². The molecule has 0 aromatic carbocycles. The molecular formula is C12H15N5. The smallest absolute Gasteiger partial charge is 0.178 e. The van der Waals surface area contributed by atoms with Gasteiger partial charge in [0.25, 0.3) is 0 Å². The average molecular weight is 229 g/mol. The highest BCUT2D eigenvalue weighted by Gasteiger charge is 2.03. The summed E-state index contributed by atoms with van der Waals surface area (Å²) in [6.07, 6.45) is 4.12. The first-order valence-electron chi connectivity index (χ1n) is 5.46. The second kappa shape index (κ2) is 4.85. The molecule has 0 bridgehead atoms. The highest BCUT2D eigenvalue weighted by molar-refractivity contribution is 5.64. The highest BCUT2D eigenvalue weighted by atomic mass is 15.3. The van der Waals surface area contributed by atoms with Gasteiger partial charge in [-0.2, -0.15) is 5.10 Å². The number of nitrogens with one attached hydrogen (secondary N) is 1. The first kappa shape index (κ1) is 11.4. The molecule has 0 aliphatic rings. The Morgan fingerprint density at radius 3 is 3.18 bits per heavy atom. The van der Waals surface area contributed by atoms with E-state index in [9.17, 15) is 0 Å². The zero-order valence-corrected chi connectivity index (χ0v) is 9.94. The van der Waals surface area contributed by atoms with E-state index < -0.39 is 0 Å². The standard InChI is InChI=1S/C12H15N5/c1-9(14-2)4-3-5-10-8-15-12-11(13)6-7-16-17(10)12/h6-9,14H,4,13H2,1-2H3/t9-/m0/s1. The fourth-order valence-electron chi connectivity index (χ4n) is 1.40. The summed E-state index contributed by atoms with van der Waals surface area (Å²) in [6, 6.07) is 2.10. The summed E-state index contributed by atoms with van der Waals surface area (Å²) in [5.41, 5.74) is 7.81. The lowest BCUT2D eigenvalue weighted by atomic mass is 10.2. The molecule has 88 valence electrons. The van der Waals surface area contributed by atoms with Gasteiger partial charge < -0.3 is 11.1 Å². The molecule has 2 heterocycles. The van der Waals surface area contributed by atoms with Crippen LogP contribution in [0.5, 0.6) is 0 Å². The van der Waals surface area contributed by atoms with Gasteiger partial charge >= 0.3 is 0 Å². The van der Waals surface area contributed by atoms with Crippen LogP contribution < -0.4 is 11.1 Å². The summed E-state index contributed by atoms with van der Waals surface area (Å²) in [7, 11) is 1.92. The normalized spacial score (nSPS) is 12.1. The van der Waals surface area contributed by atoms with Crippen LogP contribution in [0.4, 0.5) is 5.69 Å². The van der Waals surface area contributed by atoms with E-state index in [0.717, 1.165) is 12.1 Å². The molecule has 0 amide bonds. The van der Waals surface area contributed by atoms with Crippen LogP contribution in [-0.4, -0.2) is 27.7 Å². The quantitative estimate of drug-likeness (QED) is 0.742. The third-order valence-corrected chi connectivity index (χ3v) is 2.55. The number of hydrogen-bond donors (Lipinski definition) is 2. The van der Waals surface area contributed by atoms with Gasteiger partial charge in [-0.3, -0.25) is 0 Å². The zero-order chi connectivity index (χ0) is 12.3. The number of hydrogen-bond acceptors (Lipinski definition) is 4. The number of anilines is 1. The van der Waals surface area contributed by atoms with Crippen LogP contribution in [0.1, 0.15) is 19.0 Å². The third kappa shape index (κ3) is 2.37. The van der Waals surface area contributed by atoms with E-state index in [1.165, 1.54) is 0 Å². The molecule has 0 radical (unpaired) electrons. The average Bonchev–Trinajstić information content (AvgIpc) is 2.74. The minimum Gasteiger partial charge on any atom is -0.396 e. The second-order valence-corrected chi connectivity index (χ2v) is 3.86. The maximum Gasteiger partial charge on any atom is 0.178 e. The van der Waals surface area contributed by atoms with Gasteiger partial charge in [0.1, 0.15) is 5.69 Å². The van der Waals surface area contributed by atoms with Crippen molar-refractivity contribution in [1.82, 2.24) is 19.9 Å². The molecule has 5 heteroatoms. The minimum atomic E-state index is 0.375. The Kier molecular flexibility index (Phi) is 3.26. The van der Waals surface area contributed by atoms with Crippen molar-refractivity contribution in [2.24, 2.45) is 0 Å². The van der Waals surface area contributed by atoms with Crippen LogP contribution in [0.3, 0.4) is 0 Å². The lowest BCUT2D eigenvalue weighted by Crippen LogP contribution is -2.19. The fourth-order valence-corrected chi connectivity index (χ4v) is 1.40. The molecule has 3 N–H and O–H groups in total. The summed E-state index contributed by atoms with van der Waals surface area (Å²) in [5.74, 6) is 6.15. The zero-order valence-electron chi connectivity index (χ0n) is 9.94. The number of fused-ring (bicyclic) bond motifs is 1. The summed E-state index contributed by atoms with van der Waals surface area (Å²) in [5, 5.41) is 7.31. The number of imidazole rings is 1. The molecule has 5 nitrogen and oxygen atoms in total. The SMILES string of the molecule is CN[C@@H](C)CC#Cc1cnc2c(N)ccnn12. The van der Waals surface area contributed by atoms with E-state index in [2.05, 4.69) is 34.2 Å². The first-order chi connectivity index (χ1) is 8.22. The van der Waals surface area contributed by atoms with Gasteiger partial charge in [-0.1, -0.05) is 5.92 Å². The van der Waals surface area contributed by atoms with Crippen LogP contribution in [0.2, 0.25) is 0 Å². The van der Waals surface area contributed by atoms with Crippen molar-refractivity contribution in [2.45, 2.75) is 19.4 Å². The Morgan fingerprint density at radius 2 is 2.41 bits per heavy atom. The van der Waals surface area contributed by atoms with Crippen molar-refractivity contribution in [3.63, 3.8) is 0 Å². The van der Waals surface area contributed by atoms with Crippen molar-refractivity contribution in [3.8, 4) is 11.8 Å². The van der Waals surface area contributed by atoms with Crippen molar-refractivity contribution < 1.29 is 0 Å². The number of rotatable bonds is 2. The molecule has 1 atom stereocenters. The van der Waals surface area contributed by atoms with Crippen LogP contribution in [-0.2, 0) is 0 Å². The van der Waals surface area contributed by atoms with E-state index in [4.69, 9.17) is 5.73 Å². The van der Waals surface area contributed by atoms with E-state index in [0.29, 0.717) is 17.4 Å².